The van der Waals surface area contributed by atoms with Crippen molar-refractivity contribution in [1.29, 1.82) is 0 Å². The summed E-state index contributed by atoms with van der Waals surface area (Å²) in [6.45, 7) is 2.56. The maximum absolute atomic E-state index is 12.5. The van der Waals surface area contributed by atoms with E-state index in [2.05, 4.69) is 34.3 Å². The predicted molar refractivity (Wildman–Crippen MR) is 113 cm³/mol. The Morgan fingerprint density at radius 2 is 1.83 bits per heavy atom. The van der Waals surface area contributed by atoms with E-state index in [-0.39, 0.29) is 5.91 Å². The zero-order chi connectivity index (χ0) is 20.1. The minimum absolute atomic E-state index is 0.153. The first-order chi connectivity index (χ1) is 14.2. The van der Waals surface area contributed by atoms with Crippen LogP contribution in [0.3, 0.4) is 0 Å². The van der Waals surface area contributed by atoms with E-state index in [1.165, 1.54) is 5.56 Å². The topological polar surface area (TPSA) is 64.1 Å². The third-order valence-electron chi connectivity index (χ3n) is 4.70. The number of ether oxygens (including phenoxy) is 1. The molecule has 5 nitrogen and oxygen atoms in total. The van der Waals surface area contributed by atoms with Crippen molar-refractivity contribution >= 4 is 16.8 Å². The van der Waals surface area contributed by atoms with Gasteiger partial charge in [-0.15, -0.1) is 0 Å². The molecule has 0 atom stereocenters. The van der Waals surface area contributed by atoms with Gasteiger partial charge in [0.2, 0.25) is 0 Å². The fourth-order valence-electron chi connectivity index (χ4n) is 3.09. The second kappa shape index (κ2) is 8.52. The molecular weight excluding hydrogens is 362 g/mol. The summed E-state index contributed by atoms with van der Waals surface area (Å²) in [5.74, 6) is 1.17. The molecule has 1 amide bonds. The molecule has 0 unspecified atom stereocenters. The van der Waals surface area contributed by atoms with Crippen LogP contribution in [-0.4, -0.2) is 15.9 Å². The number of carbonyl (C=O) groups is 1. The monoisotopic (exact) mass is 383 g/mol. The summed E-state index contributed by atoms with van der Waals surface area (Å²) in [5, 5.41) is 3.86. The molecular formula is C24H21N3O2. The normalized spacial score (nSPS) is 10.7. The van der Waals surface area contributed by atoms with E-state index < -0.39 is 0 Å². The molecule has 0 aliphatic carbocycles. The molecule has 0 aliphatic rings. The van der Waals surface area contributed by atoms with Gasteiger partial charge in [0.1, 0.15) is 11.5 Å². The summed E-state index contributed by atoms with van der Waals surface area (Å²) in [5.41, 5.74) is 3.67. The molecule has 0 saturated heterocycles. The quantitative estimate of drug-likeness (QED) is 0.514. The van der Waals surface area contributed by atoms with Gasteiger partial charge in [-0.2, -0.15) is 0 Å². The molecule has 4 aromatic rings. The summed E-state index contributed by atoms with van der Waals surface area (Å²) in [4.78, 5) is 20.9. The predicted octanol–water partition coefficient (Wildman–Crippen LogP) is 4.91. The fraction of sp³-hybridized carbons (Fsp3) is 0.125. The van der Waals surface area contributed by atoms with Crippen molar-refractivity contribution in [2.45, 2.75) is 19.9 Å². The molecule has 2 heterocycles. The standard InChI is InChI=1S/C24H21N3O2/c1-2-17-6-7-21-22(14-17)26-13-10-23(21)29-20-5-3-4-19(15-20)24(28)27-16-18-8-11-25-12-9-18/h3-15H,2,16H2,1H3,(H,27,28). The molecule has 0 radical (unpaired) electrons. The average Bonchev–Trinajstić information content (AvgIpc) is 2.78. The number of aromatic nitrogens is 2. The Hall–Kier alpha value is -3.73. The van der Waals surface area contributed by atoms with Crippen LogP contribution in [-0.2, 0) is 13.0 Å². The number of hydrogen-bond donors (Lipinski definition) is 1. The number of carbonyl (C=O) groups excluding carboxylic acids is 1. The van der Waals surface area contributed by atoms with Gasteiger partial charge in [-0.25, -0.2) is 0 Å². The lowest BCUT2D eigenvalue weighted by molar-refractivity contribution is 0.0950. The molecule has 0 aliphatic heterocycles. The van der Waals surface area contributed by atoms with Crippen molar-refractivity contribution < 1.29 is 9.53 Å². The van der Waals surface area contributed by atoms with Crippen LogP contribution in [0.25, 0.3) is 10.9 Å². The van der Waals surface area contributed by atoms with Crippen molar-refractivity contribution in [1.82, 2.24) is 15.3 Å². The fourth-order valence-corrected chi connectivity index (χ4v) is 3.09. The smallest absolute Gasteiger partial charge is 0.251 e. The van der Waals surface area contributed by atoms with Gasteiger partial charge in [0.25, 0.3) is 5.91 Å². The maximum Gasteiger partial charge on any atom is 0.251 e. The Labute approximate surface area is 169 Å². The van der Waals surface area contributed by atoms with E-state index in [9.17, 15) is 4.79 Å². The van der Waals surface area contributed by atoms with Gasteiger partial charge in [-0.1, -0.05) is 19.1 Å². The molecule has 4 rings (SSSR count). The van der Waals surface area contributed by atoms with Crippen molar-refractivity contribution in [3.05, 3.63) is 95.9 Å². The Balaban J connectivity index is 1.52. The Morgan fingerprint density at radius 1 is 0.966 bits per heavy atom. The number of rotatable bonds is 6. The number of hydrogen-bond acceptors (Lipinski definition) is 4. The van der Waals surface area contributed by atoms with Gasteiger partial charge in [-0.05, 0) is 66.1 Å². The Bertz CT molecular complexity index is 1140. The molecule has 2 aromatic carbocycles. The minimum atomic E-state index is -0.153. The number of pyridine rings is 2. The van der Waals surface area contributed by atoms with Crippen LogP contribution in [0.1, 0.15) is 28.4 Å². The second-order valence-electron chi connectivity index (χ2n) is 6.68. The highest BCUT2D eigenvalue weighted by molar-refractivity contribution is 5.94. The molecule has 0 fully saturated rings. The third kappa shape index (κ3) is 4.41. The minimum Gasteiger partial charge on any atom is -0.457 e. The molecule has 2 aromatic heterocycles. The van der Waals surface area contributed by atoms with Gasteiger partial charge in [0, 0.05) is 36.1 Å². The van der Waals surface area contributed by atoms with Crippen LogP contribution in [0.2, 0.25) is 0 Å². The molecule has 29 heavy (non-hydrogen) atoms. The number of nitrogens with zero attached hydrogens (tertiary/aromatic N) is 2. The number of benzene rings is 2. The second-order valence-corrected chi connectivity index (χ2v) is 6.68. The van der Waals surface area contributed by atoms with Gasteiger partial charge < -0.3 is 10.1 Å². The first kappa shape index (κ1) is 18.6. The molecule has 1 N–H and O–H groups in total. The van der Waals surface area contributed by atoms with Crippen LogP contribution >= 0.6 is 0 Å². The summed E-state index contributed by atoms with van der Waals surface area (Å²) < 4.78 is 6.09. The number of fused-ring (bicyclic) bond motifs is 1. The van der Waals surface area contributed by atoms with E-state index in [0.717, 1.165) is 22.9 Å². The van der Waals surface area contributed by atoms with Crippen LogP contribution < -0.4 is 10.1 Å². The first-order valence-electron chi connectivity index (χ1n) is 9.55. The first-order valence-corrected chi connectivity index (χ1v) is 9.55. The summed E-state index contributed by atoms with van der Waals surface area (Å²) in [6, 6.07) is 18.9. The summed E-state index contributed by atoms with van der Waals surface area (Å²) >= 11 is 0. The lowest BCUT2D eigenvalue weighted by Crippen LogP contribution is -2.22. The Morgan fingerprint density at radius 3 is 2.66 bits per heavy atom. The molecule has 0 bridgehead atoms. The number of nitrogens with one attached hydrogen (secondary N) is 1. The van der Waals surface area contributed by atoms with Crippen LogP contribution in [0.15, 0.2) is 79.3 Å². The van der Waals surface area contributed by atoms with Crippen LogP contribution in [0.4, 0.5) is 0 Å². The Kier molecular flexibility index (Phi) is 5.47. The highest BCUT2D eigenvalue weighted by Gasteiger charge is 2.09. The van der Waals surface area contributed by atoms with E-state index in [1.54, 1.807) is 30.7 Å². The maximum atomic E-state index is 12.5. The van der Waals surface area contributed by atoms with Gasteiger partial charge in [0.15, 0.2) is 0 Å². The van der Waals surface area contributed by atoms with E-state index in [4.69, 9.17) is 4.74 Å². The third-order valence-corrected chi connectivity index (χ3v) is 4.70. The lowest BCUT2D eigenvalue weighted by atomic mass is 10.1. The van der Waals surface area contributed by atoms with E-state index in [1.807, 2.05) is 36.4 Å². The molecule has 144 valence electrons. The summed E-state index contributed by atoms with van der Waals surface area (Å²) in [6.07, 6.45) is 6.11. The molecule has 0 saturated carbocycles. The van der Waals surface area contributed by atoms with E-state index in [0.29, 0.717) is 23.6 Å². The van der Waals surface area contributed by atoms with Crippen molar-refractivity contribution in [3.8, 4) is 11.5 Å². The number of amides is 1. The molecule has 5 heteroatoms. The zero-order valence-electron chi connectivity index (χ0n) is 16.1. The highest BCUT2D eigenvalue weighted by atomic mass is 16.5. The highest BCUT2D eigenvalue weighted by Crippen LogP contribution is 2.29. The van der Waals surface area contributed by atoms with Crippen molar-refractivity contribution in [2.75, 3.05) is 0 Å². The summed E-state index contributed by atoms with van der Waals surface area (Å²) in [7, 11) is 0. The number of aryl methyl sites for hydroxylation is 1. The molecule has 0 spiro atoms. The van der Waals surface area contributed by atoms with Crippen LogP contribution in [0, 0.1) is 0 Å². The zero-order valence-corrected chi connectivity index (χ0v) is 16.1. The largest absolute Gasteiger partial charge is 0.457 e. The lowest BCUT2D eigenvalue weighted by Gasteiger charge is -2.11. The SMILES string of the molecule is CCc1ccc2c(Oc3cccc(C(=O)NCc4ccncc4)c3)ccnc2c1. The van der Waals surface area contributed by atoms with E-state index >= 15 is 0 Å². The van der Waals surface area contributed by atoms with Gasteiger partial charge >= 0.3 is 0 Å². The van der Waals surface area contributed by atoms with Gasteiger partial charge in [0.05, 0.1) is 5.52 Å². The average molecular weight is 383 g/mol. The van der Waals surface area contributed by atoms with Gasteiger partial charge in [-0.3, -0.25) is 14.8 Å². The van der Waals surface area contributed by atoms with Crippen molar-refractivity contribution in [2.24, 2.45) is 0 Å². The van der Waals surface area contributed by atoms with Crippen LogP contribution in [0.5, 0.6) is 11.5 Å². The van der Waals surface area contributed by atoms with Crippen molar-refractivity contribution in [3.63, 3.8) is 0 Å².